The van der Waals surface area contributed by atoms with Gasteiger partial charge in [0.2, 0.25) is 0 Å². The average molecular weight is 344 g/mol. The van der Waals surface area contributed by atoms with Gasteiger partial charge in [0.1, 0.15) is 6.07 Å². The molecule has 1 unspecified atom stereocenters. The van der Waals surface area contributed by atoms with Gasteiger partial charge in [0.05, 0.1) is 23.4 Å². The maximum absolute atomic E-state index is 12.6. The van der Waals surface area contributed by atoms with E-state index in [-0.39, 0.29) is 6.61 Å². The zero-order valence-corrected chi connectivity index (χ0v) is 13.1. The van der Waals surface area contributed by atoms with Gasteiger partial charge in [-0.3, -0.25) is 14.6 Å². The van der Waals surface area contributed by atoms with Crippen LogP contribution in [0.1, 0.15) is 43.5 Å². The summed E-state index contributed by atoms with van der Waals surface area (Å²) in [6.45, 7) is 5.13. The van der Waals surface area contributed by atoms with Gasteiger partial charge in [-0.05, 0) is 11.5 Å². The van der Waals surface area contributed by atoms with Crippen LogP contribution in [0.4, 0.5) is 13.2 Å². The van der Waals surface area contributed by atoms with Crippen molar-refractivity contribution in [2.75, 3.05) is 6.61 Å². The van der Waals surface area contributed by atoms with E-state index in [4.69, 9.17) is 10.00 Å². The molecule has 0 amide bonds. The molecule has 0 spiro atoms. The summed E-state index contributed by atoms with van der Waals surface area (Å²) in [6, 6.07) is 1.89. The van der Waals surface area contributed by atoms with Crippen LogP contribution in [0, 0.1) is 16.7 Å². The summed E-state index contributed by atoms with van der Waals surface area (Å²) in [5.74, 6) is -4.84. The quantitative estimate of drug-likeness (QED) is 0.666. The van der Waals surface area contributed by atoms with E-state index >= 15 is 0 Å². The summed E-state index contributed by atoms with van der Waals surface area (Å²) >= 11 is 0. The van der Waals surface area contributed by atoms with Crippen molar-refractivity contribution < 1.29 is 32.6 Å². The minimum atomic E-state index is -4.75. The molecule has 0 aliphatic carbocycles. The number of carbonyl (C=O) groups excluding carboxylic acids is 1. The van der Waals surface area contributed by atoms with Gasteiger partial charge in [0, 0.05) is 6.20 Å². The van der Waals surface area contributed by atoms with Crippen molar-refractivity contribution in [3.8, 4) is 6.07 Å². The zero-order valence-electron chi connectivity index (χ0n) is 13.1. The van der Waals surface area contributed by atoms with Crippen molar-refractivity contribution in [1.29, 1.82) is 5.26 Å². The molecule has 0 fully saturated rings. The van der Waals surface area contributed by atoms with Crippen molar-refractivity contribution in [1.82, 2.24) is 4.98 Å². The first-order chi connectivity index (χ1) is 10.9. The predicted molar refractivity (Wildman–Crippen MR) is 74.7 cm³/mol. The molecule has 1 rings (SSSR count). The Labute approximate surface area is 135 Å². The highest BCUT2D eigenvalue weighted by Crippen LogP contribution is 2.31. The van der Waals surface area contributed by atoms with Crippen molar-refractivity contribution in [2.45, 2.75) is 32.9 Å². The number of ether oxygens (including phenoxy) is 1. The van der Waals surface area contributed by atoms with E-state index < -0.39 is 46.3 Å². The predicted octanol–water partition coefficient (Wildman–Crippen LogP) is 2.73. The SMILES string of the molecule is CC(C)(C)COC(=O)C(C(=O)O)c1ncc(C(F)(F)F)cc1C#N. The van der Waals surface area contributed by atoms with Crippen LogP contribution in [0.2, 0.25) is 0 Å². The number of rotatable bonds is 4. The minimum Gasteiger partial charge on any atom is -0.480 e. The second-order valence-corrected chi connectivity index (χ2v) is 6.21. The van der Waals surface area contributed by atoms with Crippen LogP contribution in [-0.4, -0.2) is 28.6 Å². The van der Waals surface area contributed by atoms with E-state index in [0.29, 0.717) is 12.3 Å². The van der Waals surface area contributed by atoms with E-state index in [2.05, 4.69) is 4.98 Å². The molecule has 1 aromatic rings. The molecule has 0 saturated carbocycles. The lowest BCUT2D eigenvalue weighted by molar-refractivity contribution is -0.156. The third-order valence-electron chi connectivity index (χ3n) is 2.77. The third-order valence-corrected chi connectivity index (χ3v) is 2.77. The molecule has 130 valence electrons. The van der Waals surface area contributed by atoms with Crippen molar-refractivity contribution in [2.24, 2.45) is 5.41 Å². The molecule has 1 N–H and O–H groups in total. The van der Waals surface area contributed by atoms with Gasteiger partial charge in [-0.15, -0.1) is 0 Å². The molecule has 0 saturated heterocycles. The van der Waals surface area contributed by atoms with Gasteiger partial charge in [0.25, 0.3) is 0 Å². The van der Waals surface area contributed by atoms with E-state index in [9.17, 15) is 27.9 Å². The number of hydrogen-bond acceptors (Lipinski definition) is 5. The van der Waals surface area contributed by atoms with Gasteiger partial charge >= 0.3 is 18.1 Å². The number of aliphatic carboxylic acids is 1. The van der Waals surface area contributed by atoms with Crippen LogP contribution in [0.15, 0.2) is 12.3 Å². The van der Waals surface area contributed by atoms with Crippen LogP contribution in [0.5, 0.6) is 0 Å². The van der Waals surface area contributed by atoms with Crippen molar-refractivity contribution in [3.05, 3.63) is 29.1 Å². The van der Waals surface area contributed by atoms with Gasteiger partial charge in [-0.25, -0.2) is 0 Å². The summed E-state index contributed by atoms with van der Waals surface area (Å²) < 4.78 is 42.8. The van der Waals surface area contributed by atoms with E-state index in [0.717, 1.165) is 0 Å². The highest BCUT2D eigenvalue weighted by atomic mass is 19.4. The highest BCUT2D eigenvalue weighted by Gasteiger charge is 2.37. The number of halogens is 3. The van der Waals surface area contributed by atoms with E-state index in [1.807, 2.05) is 0 Å². The Morgan fingerprint density at radius 2 is 1.96 bits per heavy atom. The summed E-state index contributed by atoms with van der Waals surface area (Å²) in [5, 5.41) is 18.2. The van der Waals surface area contributed by atoms with Gasteiger partial charge < -0.3 is 9.84 Å². The Bertz CT molecular complexity index is 687. The first-order valence-electron chi connectivity index (χ1n) is 6.73. The maximum Gasteiger partial charge on any atom is 0.417 e. The average Bonchev–Trinajstić information content (AvgIpc) is 2.43. The van der Waals surface area contributed by atoms with E-state index in [1.54, 1.807) is 20.8 Å². The maximum atomic E-state index is 12.6. The fraction of sp³-hybridized carbons (Fsp3) is 0.467. The largest absolute Gasteiger partial charge is 0.480 e. The molecule has 0 aliphatic heterocycles. The van der Waals surface area contributed by atoms with Gasteiger partial charge in [-0.1, -0.05) is 20.8 Å². The molecule has 1 heterocycles. The normalized spacial score (nSPS) is 13.0. The molecule has 1 atom stereocenters. The van der Waals surface area contributed by atoms with Crippen LogP contribution in [-0.2, 0) is 20.5 Å². The lowest BCUT2D eigenvalue weighted by atomic mass is 9.97. The molecule has 0 bridgehead atoms. The zero-order chi connectivity index (χ0) is 18.7. The molecule has 0 aromatic carbocycles. The number of alkyl halides is 3. The van der Waals surface area contributed by atoms with Crippen molar-refractivity contribution >= 4 is 11.9 Å². The fourth-order valence-electron chi connectivity index (χ4n) is 1.65. The van der Waals surface area contributed by atoms with Crippen LogP contribution in [0.25, 0.3) is 0 Å². The fourth-order valence-corrected chi connectivity index (χ4v) is 1.65. The number of carboxylic acid groups (broad SMARTS) is 1. The number of esters is 1. The molecule has 1 aromatic heterocycles. The molecule has 0 aliphatic rings. The number of nitrogens with zero attached hydrogens (tertiary/aromatic N) is 2. The lowest BCUT2D eigenvalue weighted by Gasteiger charge is -2.20. The first kappa shape index (κ1) is 19.4. The second kappa shape index (κ2) is 6.86. The molecule has 6 nitrogen and oxygen atoms in total. The van der Waals surface area contributed by atoms with E-state index in [1.165, 1.54) is 6.07 Å². The van der Waals surface area contributed by atoms with Crippen LogP contribution >= 0.6 is 0 Å². The smallest absolute Gasteiger partial charge is 0.417 e. The third kappa shape index (κ3) is 4.94. The second-order valence-electron chi connectivity index (χ2n) is 6.21. The van der Waals surface area contributed by atoms with Gasteiger partial charge in [-0.2, -0.15) is 18.4 Å². The summed E-state index contributed by atoms with van der Waals surface area (Å²) in [5.41, 5.74) is -2.89. The molecule has 24 heavy (non-hydrogen) atoms. The number of pyridine rings is 1. The topological polar surface area (TPSA) is 100 Å². The van der Waals surface area contributed by atoms with Gasteiger partial charge in [0.15, 0.2) is 5.92 Å². The number of hydrogen-bond donors (Lipinski definition) is 1. The monoisotopic (exact) mass is 344 g/mol. The molecular formula is C15H15F3N2O4. The molecule has 0 radical (unpaired) electrons. The summed E-state index contributed by atoms with van der Waals surface area (Å²) in [7, 11) is 0. The lowest BCUT2D eigenvalue weighted by Crippen LogP contribution is -2.29. The van der Waals surface area contributed by atoms with Crippen LogP contribution < -0.4 is 0 Å². The standard InChI is InChI=1S/C15H15F3N2O4/c1-14(2,3)7-24-13(23)10(12(21)22)11-8(5-19)4-9(6-20-11)15(16,17)18/h4,6,10H,7H2,1-3H3,(H,21,22). The Balaban J connectivity index is 3.25. The van der Waals surface area contributed by atoms with Crippen molar-refractivity contribution in [3.63, 3.8) is 0 Å². The Morgan fingerprint density at radius 1 is 1.38 bits per heavy atom. The Hall–Kier alpha value is -2.63. The summed E-state index contributed by atoms with van der Waals surface area (Å²) in [6.07, 6.45) is -4.37. The first-order valence-corrected chi connectivity index (χ1v) is 6.73. The summed E-state index contributed by atoms with van der Waals surface area (Å²) in [4.78, 5) is 26.7. The number of aromatic nitrogens is 1. The Morgan fingerprint density at radius 3 is 2.38 bits per heavy atom. The highest BCUT2D eigenvalue weighted by molar-refractivity contribution is 6.00. The number of carbonyl (C=O) groups is 2. The Kier molecular flexibility index (Phi) is 5.55. The minimum absolute atomic E-state index is 0.0991. The van der Waals surface area contributed by atoms with Crippen LogP contribution in [0.3, 0.4) is 0 Å². The number of carboxylic acids is 1. The molecular weight excluding hydrogens is 329 g/mol. The number of nitriles is 1. The molecule has 9 heteroatoms.